The van der Waals surface area contributed by atoms with Gasteiger partial charge in [-0.05, 0) is 41.5 Å². The van der Waals surface area contributed by atoms with Gasteiger partial charge in [0.2, 0.25) is 0 Å². The number of aliphatic hydroxyl groups is 1. The Hall–Kier alpha value is -4.35. The van der Waals surface area contributed by atoms with Crippen LogP contribution in [0.3, 0.4) is 0 Å². The highest BCUT2D eigenvalue weighted by molar-refractivity contribution is 7.99. The molecule has 0 radical (unpaired) electrons. The number of amides is 1. The number of aromatic nitrogens is 3. The van der Waals surface area contributed by atoms with Crippen molar-refractivity contribution in [1.82, 2.24) is 9.97 Å². The molecule has 1 amide bonds. The van der Waals surface area contributed by atoms with Gasteiger partial charge in [-0.25, -0.2) is 4.98 Å². The third-order valence-corrected chi connectivity index (χ3v) is 8.09. The number of rotatable bonds is 8. The van der Waals surface area contributed by atoms with Crippen molar-refractivity contribution in [2.24, 2.45) is 0 Å². The standard InChI is InChI=1S/C32H28N4O5S/c37-19-21-8-10-22(11-9-21)29-17-25(20-42-30-7-3-4-16-36(30)39)40-32(41-29)23-12-14-24(15-13-23)34-31(38)28-18-33-26-5-1-2-6-27(26)35-28/h1-16,18,25,29,32,37H,17,19-20H2,(H,34,38)/t25-,29+,32+/m1/s1. The Morgan fingerprint density at radius 3 is 2.45 bits per heavy atom. The molecule has 0 bridgehead atoms. The molecule has 3 aromatic carbocycles. The quantitative estimate of drug-likeness (QED) is 0.143. The van der Waals surface area contributed by atoms with Crippen LogP contribution in [0.1, 0.15) is 46.0 Å². The van der Waals surface area contributed by atoms with Gasteiger partial charge in [0, 0.05) is 35.6 Å². The second-order valence-electron chi connectivity index (χ2n) is 9.85. The summed E-state index contributed by atoms with van der Waals surface area (Å²) in [6, 6.07) is 27.7. The summed E-state index contributed by atoms with van der Waals surface area (Å²) < 4.78 is 13.6. The van der Waals surface area contributed by atoms with Crippen LogP contribution in [0.25, 0.3) is 11.0 Å². The molecule has 3 atom stereocenters. The first-order valence-corrected chi connectivity index (χ1v) is 14.5. The first kappa shape index (κ1) is 27.8. The molecule has 1 aliphatic rings. The Bertz CT molecular complexity index is 1680. The number of nitrogens with one attached hydrogen (secondary N) is 1. The Morgan fingerprint density at radius 1 is 0.952 bits per heavy atom. The molecule has 42 heavy (non-hydrogen) atoms. The number of nitrogens with zero attached hydrogens (tertiary/aromatic N) is 3. The summed E-state index contributed by atoms with van der Waals surface area (Å²) in [6.45, 7) is -0.0284. The highest BCUT2D eigenvalue weighted by atomic mass is 32.2. The fraction of sp³-hybridized carbons (Fsp3) is 0.188. The van der Waals surface area contributed by atoms with Crippen molar-refractivity contribution >= 4 is 34.4 Å². The van der Waals surface area contributed by atoms with Crippen LogP contribution in [-0.4, -0.2) is 32.8 Å². The zero-order chi connectivity index (χ0) is 28.9. The van der Waals surface area contributed by atoms with Gasteiger partial charge in [-0.1, -0.05) is 60.3 Å². The first-order valence-electron chi connectivity index (χ1n) is 13.5. The van der Waals surface area contributed by atoms with Gasteiger partial charge in [-0.15, -0.1) is 0 Å². The van der Waals surface area contributed by atoms with Crippen LogP contribution in [0.2, 0.25) is 0 Å². The maximum Gasteiger partial charge on any atom is 0.275 e. The Labute approximate surface area is 246 Å². The van der Waals surface area contributed by atoms with Crippen LogP contribution in [0.5, 0.6) is 0 Å². The van der Waals surface area contributed by atoms with Crippen LogP contribution >= 0.6 is 11.8 Å². The van der Waals surface area contributed by atoms with Crippen molar-refractivity contribution in [1.29, 1.82) is 0 Å². The monoisotopic (exact) mass is 580 g/mol. The van der Waals surface area contributed by atoms with Crippen LogP contribution in [0.15, 0.2) is 108 Å². The Balaban J connectivity index is 1.17. The van der Waals surface area contributed by atoms with Gasteiger partial charge in [-0.2, -0.15) is 4.73 Å². The van der Waals surface area contributed by atoms with E-state index in [1.807, 2.05) is 66.7 Å². The van der Waals surface area contributed by atoms with Gasteiger partial charge < -0.3 is 25.1 Å². The summed E-state index contributed by atoms with van der Waals surface area (Å²) in [5.74, 6) is 0.212. The molecule has 0 unspecified atom stereocenters. The lowest BCUT2D eigenvalue weighted by Crippen LogP contribution is -2.32. The predicted molar refractivity (Wildman–Crippen MR) is 158 cm³/mol. The summed E-state index contributed by atoms with van der Waals surface area (Å²) in [7, 11) is 0. The number of para-hydroxylation sites is 2. The predicted octanol–water partition coefficient (Wildman–Crippen LogP) is 5.35. The lowest BCUT2D eigenvalue weighted by molar-refractivity contribution is -0.645. The molecule has 1 aliphatic heterocycles. The first-order chi connectivity index (χ1) is 20.6. The van der Waals surface area contributed by atoms with Crippen LogP contribution < -0.4 is 10.0 Å². The Kier molecular flexibility index (Phi) is 8.38. The van der Waals surface area contributed by atoms with Crippen molar-refractivity contribution in [2.75, 3.05) is 11.1 Å². The summed E-state index contributed by atoms with van der Waals surface area (Å²) >= 11 is 1.44. The van der Waals surface area contributed by atoms with E-state index in [1.54, 1.807) is 24.3 Å². The molecule has 1 saturated heterocycles. The number of carbonyl (C=O) groups is 1. The van der Waals surface area contributed by atoms with Crippen molar-refractivity contribution in [3.8, 4) is 0 Å². The number of aliphatic hydroxyl groups excluding tert-OH is 1. The summed E-state index contributed by atoms with van der Waals surface area (Å²) in [5.41, 5.74) is 4.80. The van der Waals surface area contributed by atoms with Crippen molar-refractivity contribution in [3.05, 3.63) is 131 Å². The summed E-state index contributed by atoms with van der Waals surface area (Å²) in [4.78, 5) is 21.6. The number of thioether (sulfide) groups is 1. The second-order valence-corrected chi connectivity index (χ2v) is 10.9. The Morgan fingerprint density at radius 2 is 1.69 bits per heavy atom. The van der Waals surface area contributed by atoms with Gasteiger partial charge >= 0.3 is 0 Å². The van der Waals surface area contributed by atoms with Crippen LogP contribution in [0, 0.1) is 5.21 Å². The van der Waals surface area contributed by atoms with E-state index in [-0.39, 0.29) is 30.4 Å². The molecule has 2 aromatic heterocycles. The minimum atomic E-state index is -0.655. The molecule has 1 fully saturated rings. The minimum absolute atomic E-state index is 0.0284. The molecule has 9 nitrogen and oxygen atoms in total. The molecule has 0 saturated carbocycles. The lowest BCUT2D eigenvalue weighted by atomic mass is 10.0. The largest absolute Gasteiger partial charge is 0.618 e. The highest BCUT2D eigenvalue weighted by Gasteiger charge is 2.32. The molecular weight excluding hydrogens is 552 g/mol. The number of hydrogen-bond donors (Lipinski definition) is 2. The maximum atomic E-state index is 12.8. The van der Waals surface area contributed by atoms with Crippen molar-refractivity contribution < 1.29 is 24.1 Å². The number of benzene rings is 3. The van der Waals surface area contributed by atoms with Gasteiger partial charge in [0.25, 0.3) is 10.9 Å². The zero-order valence-corrected chi connectivity index (χ0v) is 23.3. The van der Waals surface area contributed by atoms with Gasteiger partial charge in [0.05, 0.1) is 36.0 Å². The van der Waals surface area contributed by atoms with E-state index >= 15 is 0 Å². The van der Waals surface area contributed by atoms with E-state index < -0.39 is 6.29 Å². The van der Waals surface area contributed by atoms with Gasteiger partial charge in [0.15, 0.2) is 12.5 Å². The van der Waals surface area contributed by atoms with Crippen molar-refractivity contribution in [2.45, 2.75) is 36.6 Å². The van der Waals surface area contributed by atoms with E-state index in [1.165, 1.54) is 24.2 Å². The van der Waals surface area contributed by atoms with E-state index in [2.05, 4.69) is 15.3 Å². The molecule has 6 rings (SSSR count). The van der Waals surface area contributed by atoms with Gasteiger partial charge in [-0.3, -0.25) is 9.78 Å². The molecule has 0 aliphatic carbocycles. The number of ether oxygens (including phenoxy) is 2. The molecular formula is C32H28N4O5S. The molecule has 5 aromatic rings. The van der Waals surface area contributed by atoms with Gasteiger partial charge in [0.1, 0.15) is 5.69 Å². The number of fused-ring (bicyclic) bond motifs is 1. The maximum absolute atomic E-state index is 12.8. The third-order valence-electron chi connectivity index (χ3n) is 6.94. The van der Waals surface area contributed by atoms with Crippen molar-refractivity contribution in [3.63, 3.8) is 0 Å². The second kappa shape index (κ2) is 12.7. The minimum Gasteiger partial charge on any atom is -0.618 e. The third kappa shape index (κ3) is 6.42. The van der Waals surface area contributed by atoms with E-state index in [0.717, 1.165) is 26.9 Å². The normalized spacial score (nSPS) is 18.5. The summed E-state index contributed by atoms with van der Waals surface area (Å²) in [5, 5.41) is 25.1. The topological polar surface area (TPSA) is 121 Å². The SMILES string of the molecule is O=C(Nc1ccc([C@H]2O[C@@H](CSc3cccc[n+]3[O-])C[C@@H](c3ccc(CO)cc3)O2)cc1)c1cnc2ccccc2n1. The van der Waals surface area contributed by atoms with E-state index in [9.17, 15) is 15.1 Å². The molecule has 0 spiro atoms. The smallest absolute Gasteiger partial charge is 0.275 e. The molecule has 3 heterocycles. The van der Waals surface area contributed by atoms with Crippen LogP contribution in [0.4, 0.5) is 5.69 Å². The zero-order valence-electron chi connectivity index (χ0n) is 22.5. The number of anilines is 1. The fourth-order valence-corrected chi connectivity index (χ4v) is 5.64. The average Bonchev–Trinajstić information content (AvgIpc) is 3.04. The summed E-state index contributed by atoms with van der Waals surface area (Å²) in [6.07, 6.45) is 2.46. The molecule has 10 heteroatoms. The van der Waals surface area contributed by atoms with E-state index in [0.29, 0.717) is 28.4 Å². The number of carbonyl (C=O) groups excluding carboxylic acids is 1. The number of hydrogen-bond acceptors (Lipinski definition) is 8. The molecule has 212 valence electrons. The number of pyridine rings is 1. The lowest BCUT2D eigenvalue weighted by Gasteiger charge is -2.36. The molecule has 2 N–H and O–H groups in total. The highest BCUT2D eigenvalue weighted by Crippen LogP contribution is 2.39. The van der Waals surface area contributed by atoms with Crippen LogP contribution in [-0.2, 0) is 16.1 Å². The fourth-order valence-electron chi connectivity index (χ4n) is 4.71. The average molecular weight is 581 g/mol. The van der Waals surface area contributed by atoms with E-state index in [4.69, 9.17) is 9.47 Å².